The van der Waals surface area contributed by atoms with Crippen LogP contribution in [0.1, 0.15) is 48.2 Å². The van der Waals surface area contributed by atoms with Crippen molar-refractivity contribution in [3.63, 3.8) is 0 Å². The van der Waals surface area contributed by atoms with Crippen molar-refractivity contribution in [2.45, 2.75) is 50.6 Å². The van der Waals surface area contributed by atoms with Gasteiger partial charge in [0.2, 0.25) is 5.85 Å². The molecule has 4 saturated heterocycles. The quantitative estimate of drug-likeness (QED) is 0.171. The van der Waals surface area contributed by atoms with Crippen LogP contribution in [-0.4, -0.2) is 45.4 Å². The predicted octanol–water partition coefficient (Wildman–Crippen LogP) is 8.22. The van der Waals surface area contributed by atoms with E-state index in [0.717, 1.165) is 37.8 Å². The van der Waals surface area contributed by atoms with E-state index in [-0.39, 0.29) is 11.8 Å². The molecule has 2 bridgehead atoms. The van der Waals surface area contributed by atoms with Crippen molar-refractivity contribution in [2.75, 3.05) is 12.3 Å². The monoisotopic (exact) mass is 631 g/mol. The van der Waals surface area contributed by atoms with Crippen LogP contribution in [0.15, 0.2) is 83.3 Å². The molecule has 0 aliphatic carbocycles. The van der Waals surface area contributed by atoms with Crippen molar-refractivity contribution in [2.24, 2.45) is 0 Å². The highest BCUT2D eigenvalue weighted by Crippen LogP contribution is 2.85. The van der Waals surface area contributed by atoms with Crippen LogP contribution in [0.25, 0.3) is 22.2 Å². The Hall–Kier alpha value is -3.12. The van der Waals surface area contributed by atoms with Crippen LogP contribution in [0.4, 0.5) is 4.79 Å². The molecule has 210 valence electrons. The molecule has 6 nitrogen and oxygen atoms in total. The Morgan fingerprint density at radius 1 is 1.00 bits per heavy atom. The number of fused-ring (bicyclic) bond motifs is 3. The third-order valence-corrected chi connectivity index (χ3v) is 13.7. The lowest BCUT2D eigenvalue weighted by Gasteiger charge is -2.48. The standard InChI is InChI=1S/C31H26BrN2O4P.C2H6/c1-19-25(23-18-22(32)12-13-24(23)33-26(19)20-8-4-2-5-9-20)27(35)34-30-14-16-39(17-15-30,29(36)37)28-31(30,38-28)21-10-6-3-7-11-21;1-2/h2-13,18,28H,14-17H2,1H3,(H-,34,35,36,37);1-2H3/p+1. The Morgan fingerprint density at radius 3 is 2.27 bits per heavy atom. The van der Waals surface area contributed by atoms with E-state index in [9.17, 15) is 14.7 Å². The van der Waals surface area contributed by atoms with Crippen LogP contribution in [0.2, 0.25) is 0 Å². The van der Waals surface area contributed by atoms with E-state index >= 15 is 0 Å². The molecule has 4 aliphatic heterocycles. The summed E-state index contributed by atoms with van der Waals surface area (Å²) >= 11 is 3.58. The van der Waals surface area contributed by atoms with E-state index in [4.69, 9.17) is 9.72 Å². The van der Waals surface area contributed by atoms with Crippen molar-refractivity contribution in [3.8, 4) is 11.3 Å². The van der Waals surface area contributed by atoms with Gasteiger partial charge >= 0.3 is 5.71 Å². The highest BCUT2D eigenvalue weighted by molar-refractivity contribution is 9.10. The summed E-state index contributed by atoms with van der Waals surface area (Å²) in [6.45, 7) is 5.95. The van der Waals surface area contributed by atoms with E-state index in [2.05, 4.69) is 21.2 Å². The van der Waals surface area contributed by atoms with Crippen LogP contribution in [-0.2, 0) is 10.3 Å². The second kappa shape index (κ2) is 10.3. The average molecular weight is 633 g/mol. The van der Waals surface area contributed by atoms with Gasteiger partial charge in [-0.3, -0.25) is 4.79 Å². The second-order valence-corrected chi connectivity index (χ2v) is 15.6. The number of hydrogen-bond donors (Lipinski definition) is 2. The normalized spacial score (nSPS) is 27.4. The molecule has 8 rings (SSSR count). The Balaban J connectivity index is 0.00000148. The Bertz CT molecular complexity index is 1650. The fourth-order valence-corrected chi connectivity index (χ4v) is 11.7. The predicted molar refractivity (Wildman–Crippen MR) is 168 cm³/mol. The topological polar surface area (TPSA) is 91.8 Å². The van der Waals surface area contributed by atoms with Crippen molar-refractivity contribution in [1.82, 2.24) is 10.3 Å². The molecule has 4 fully saturated rings. The van der Waals surface area contributed by atoms with Gasteiger partial charge in [-0.1, -0.05) is 90.4 Å². The number of carbonyl (C=O) groups is 2. The van der Waals surface area contributed by atoms with Gasteiger partial charge in [-0.25, -0.2) is 9.78 Å². The Labute approximate surface area is 249 Å². The van der Waals surface area contributed by atoms with Crippen LogP contribution in [0.3, 0.4) is 0 Å². The molecule has 41 heavy (non-hydrogen) atoms. The van der Waals surface area contributed by atoms with Crippen LogP contribution in [0, 0.1) is 6.92 Å². The second-order valence-electron chi connectivity index (χ2n) is 10.9. The van der Waals surface area contributed by atoms with Crippen molar-refractivity contribution in [3.05, 3.63) is 100 Å². The Morgan fingerprint density at radius 2 is 1.63 bits per heavy atom. The number of pyridine rings is 1. The molecule has 2 N–H and O–H groups in total. The molecular weight excluding hydrogens is 599 g/mol. The zero-order valence-electron chi connectivity index (χ0n) is 23.4. The lowest BCUT2D eigenvalue weighted by atomic mass is 9.74. The number of rotatable bonds is 5. The summed E-state index contributed by atoms with van der Waals surface area (Å²) in [6, 6.07) is 25.6. The first-order valence-corrected chi connectivity index (χ1v) is 17.1. The number of nitrogens with zero attached hydrogens (tertiary/aromatic N) is 1. The fourth-order valence-electron chi connectivity index (χ4n) is 7.03. The molecule has 5 heterocycles. The number of ether oxygens (including phenoxy) is 1. The third kappa shape index (κ3) is 4.08. The van der Waals surface area contributed by atoms with Crippen molar-refractivity contribution < 1.29 is 19.4 Å². The number of amides is 1. The molecule has 0 saturated carbocycles. The number of epoxide rings is 1. The van der Waals surface area contributed by atoms with E-state index in [1.165, 1.54) is 0 Å². The molecule has 1 aromatic heterocycles. The lowest BCUT2D eigenvalue weighted by Crippen LogP contribution is -2.64. The largest absolute Gasteiger partial charge is 0.452 e. The number of carboxylic acid groups (broad SMARTS) is 1. The van der Waals surface area contributed by atoms with Gasteiger partial charge in [0.25, 0.3) is 5.91 Å². The fraction of sp³-hybridized carbons (Fsp3) is 0.303. The average Bonchev–Trinajstić information content (AvgIpc) is 3.79. The minimum atomic E-state index is -2.36. The maximum Gasteiger partial charge on any atom is 0.451 e. The first kappa shape index (κ1) is 28.0. The van der Waals surface area contributed by atoms with Crippen molar-refractivity contribution in [1.29, 1.82) is 0 Å². The summed E-state index contributed by atoms with van der Waals surface area (Å²) in [4.78, 5) is 32.0. The molecule has 0 spiro atoms. The molecule has 8 heteroatoms. The van der Waals surface area contributed by atoms with Gasteiger partial charge in [0.05, 0.1) is 34.6 Å². The summed E-state index contributed by atoms with van der Waals surface area (Å²) in [7, 11) is -2.36. The van der Waals surface area contributed by atoms with E-state index < -0.39 is 24.1 Å². The third-order valence-electron chi connectivity index (χ3n) is 9.02. The van der Waals surface area contributed by atoms with Gasteiger partial charge in [0.1, 0.15) is 0 Å². The zero-order chi connectivity index (χ0) is 29.0. The summed E-state index contributed by atoms with van der Waals surface area (Å²) in [6.07, 6.45) is 2.33. The maximum atomic E-state index is 14.5. The van der Waals surface area contributed by atoms with Gasteiger partial charge in [0.15, 0.2) is 12.9 Å². The number of aromatic nitrogens is 1. The molecule has 2 atom stereocenters. The summed E-state index contributed by atoms with van der Waals surface area (Å²) < 4.78 is 7.38. The minimum Gasteiger partial charge on any atom is -0.452 e. The highest BCUT2D eigenvalue weighted by atomic mass is 79.9. The molecule has 2 unspecified atom stereocenters. The molecule has 4 aromatic rings. The summed E-state index contributed by atoms with van der Waals surface area (Å²) in [5, 5.41) is 14.6. The first-order chi connectivity index (χ1) is 19.8. The molecule has 4 aliphatic rings. The first-order valence-electron chi connectivity index (χ1n) is 14.1. The van der Waals surface area contributed by atoms with E-state index in [1.807, 2.05) is 99.6 Å². The highest BCUT2D eigenvalue weighted by Gasteiger charge is 2.88. The number of benzene rings is 3. The maximum absolute atomic E-state index is 14.5. The number of carbonyl (C=O) groups excluding carboxylic acids is 1. The van der Waals surface area contributed by atoms with Gasteiger partial charge in [-0.2, -0.15) is 0 Å². The van der Waals surface area contributed by atoms with Crippen molar-refractivity contribution >= 4 is 45.7 Å². The van der Waals surface area contributed by atoms with Crippen LogP contribution < -0.4 is 5.32 Å². The zero-order valence-corrected chi connectivity index (χ0v) is 25.8. The Kier molecular flexibility index (Phi) is 7.04. The molecular formula is C33H33BrN2O4P+. The van der Waals surface area contributed by atoms with Gasteiger partial charge in [-0.05, 0) is 36.2 Å². The lowest BCUT2D eigenvalue weighted by molar-refractivity contribution is 0.0762. The number of nitrogens with one attached hydrogen (secondary N) is 1. The van der Waals surface area contributed by atoms with Crippen LogP contribution >= 0.6 is 23.2 Å². The van der Waals surface area contributed by atoms with Gasteiger partial charge in [0, 0.05) is 28.3 Å². The smallest absolute Gasteiger partial charge is 0.451 e. The minimum absolute atomic E-state index is 0.178. The summed E-state index contributed by atoms with van der Waals surface area (Å²) in [5.74, 6) is -0.542. The molecule has 3 aromatic carbocycles. The number of hydrogen-bond acceptors (Lipinski definition) is 4. The number of halogens is 1. The van der Waals surface area contributed by atoms with E-state index in [0.29, 0.717) is 30.7 Å². The van der Waals surface area contributed by atoms with Crippen LogP contribution in [0.5, 0.6) is 0 Å². The van der Waals surface area contributed by atoms with Gasteiger partial charge in [-0.15, -0.1) is 0 Å². The summed E-state index contributed by atoms with van der Waals surface area (Å²) in [5.41, 5.74) is 2.61. The van der Waals surface area contributed by atoms with Gasteiger partial charge < -0.3 is 15.2 Å². The molecule has 1 amide bonds. The SMILES string of the molecule is CC.Cc1c(-c2ccccc2)nc2ccc(Br)cc2c1C(=O)NC12CC[P+](C(=O)O)(CC1)C1OC12c1ccccc1. The van der Waals surface area contributed by atoms with E-state index in [1.54, 1.807) is 0 Å². The molecule has 0 radical (unpaired) electrons.